The van der Waals surface area contributed by atoms with Gasteiger partial charge < -0.3 is 9.15 Å². The van der Waals surface area contributed by atoms with Gasteiger partial charge in [0, 0.05) is 19.6 Å². The number of nitrogens with zero attached hydrogens (tertiary/aromatic N) is 2. The van der Waals surface area contributed by atoms with Gasteiger partial charge in [-0.3, -0.25) is 4.90 Å². The van der Waals surface area contributed by atoms with Crippen LogP contribution in [0.15, 0.2) is 59.0 Å². The average molecular weight is 377 g/mol. The second kappa shape index (κ2) is 8.61. The van der Waals surface area contributed by atoms with Gasteiger partial charge in [0.05, 0.1) is 17.9 Å². The summed E-state index contributed by atoms with van der Waals surface area (Å²) in [6.45, 7) is 7.48. The highest BCUT2D eigenvalue weighted by molar-refractivity contribution is 5.63. The smallest absolute Gasteiger partial charge is 0.230 e. The fourth-order valence-corrected chi connectivity index (χ4v) is 3.52. The molecule has 1 aliphatic carbocycles. The first-order chi connectivity index (χ1) is 13.7. The zero-order valence-electron chi connectivity index (χ0n) is 16.7. The van der Waals surface area contributed by atoms with E-state index in [9.17, 15) is 0 Å². The lowest BCUT2D eigenvalue weighted by Crippen LogP contribution is -2.25. The molecule has 3 aromatic rings. The molecular formula is C24H28N2O2. The molecule has 1 heterocycles. The third-order valence-electron chi connectivity index (χ3n) is 5.15. The quantitative estimate of drug-likeness (QED) is 0.497. The molecule has 0 amide bonds. The maximum absolute atomic E-state index is 6.04. The Labute approximate surface area is 167 Å². The molecule has 1 fully saturated rings. The van der Waals surface area contributed by atoms with Crippen LogP contribution in [0.25, 0.3) is 11.5 Å². The molecule has 0 bridgehead atoms. The molecule has 0 aliphatic heterocycles. The number of rotatable bonds is 9. The van der Waals surface area contributed by atoms with Crippen LogP contribution in [0.2, 0.25) is 0 Å². The van der Waals surface area contributed by atoms with E-state index in [4.69, 9.17) is 14.1 Å². The molecule has 1 saturated carbocycles. The molecule has 2 aromatic carbocycles. The average Bonchev–Trinajstić information content (AvgIpc) is 3.45. The van der Waals surface area contributed by atoms with Crippen molar-refractivity contribution in [1.82, 2.24) is 9.88 Å². The van der Waals surface area contributed by atoms with Gasteiger partial charge in [0.15, 0.2) is 0 Å². The minimum atomic E-state index is 0.621. The number of oxazole rings is 1. The summed E-state index contributed by atoms with van der Waals surface area (Å²) in [5.74, 6) is 3.17. The summed E-state index contributed by atoms with van der Waals surface area (Å²) in [7, 11) is 0. The monoisotopic (exact) mass is 376 g/mol. The maximum atomic E-state index is 6.04. The van der Waals surface area contributed by atoms with Crippen molar-refractivity contribution in [1.29, 1.82) is 0 Å². The van der Waals surface area contributed by atoms with E-state index in [-0.39, 0.29) is 0 Å². The molecule has 0 spiro atoms. The van der Waals surface area contributed by atoms with E-state index in [2.05, 4.69) is 35.2 Å². The van der Waals surface area contributed by atoms with Gasteiger partial charge in [-0.25, -0.2) is 4.98 Å². The second-order valence-corrected chi connectivity index (χ2v) is 7.55. The fraction of sp³-hybridized carbons (Fsp3) is 0.375. The van der Waals surface area contributed by atoms with E-state index in [0.717, 1.165) is 48.3 Å². The van der Waals surface area contributed by atoms with Crippen molar-refractivity contribution in [3.05, 3.63) is 71.6 Å². The van der Waals surface area contributed by atoms with Gasteiger partial charge in [0.1, 0.15) is 11.5 Å². The number of benzene rings is 2. The van der Waals surface area contributed by atoms with E-state index < -0.39 is 0 Å². The Morgan fingerprint density at radius 3 is 2.54 bits per heavy atom. The molecule has 4 heteroatoms. The molecule has 4 rings (SSSR count). The summed E-state index contributed by atoms with van der Waals surface area (Å²) < 4.78 is 11.8. The minimum absolute atomic E-state index is 0.621. The Morgan fingerprint density at radius 1 is 1.04 bits per heavy atom. The second-order valence-electron chi connectivity index (χ2n) is 7.55. The van der Waals surface area contributed by atoms with Gasteiger partial charge in [-0.05, 0) is 50.3 Å². The standard InChI is InChI=1S/C24H28N2O2/c1-3-27-23-12-8-7-11-21(23)24-25-22(18(2)28-24)17-26(16-20-13-14-20)15-19-9-5-4-6-10-19/h4-12,20H,3,13-17H2,1-2H3. The van der Waals surface area contributed by atoms with Crippen LogP contribution < -0.4 is 4.74 Å². The number of para-hydroxylation sites is 1. The first kappa shape index (κ1) is 18.8. The highest BCUT2D eigenvalue weighted by atomic mass is 16.5. The van der Waals surface area contributed by atoms with Crippen LogP contribution in [0, 0.1) is 12.8 Å². The Morgan fingerprint density at radius 2 is 1.79 bits per heavy atom. The van der Waals surface area contributed by atoms with Crippen LogP contribution >= 0.6 is 0 Å². The van der Waals surface area contributed by atoms with E-state index in [0.29, 0.717) is 12.5 Å². The summed E-state index contributed by atoms with van der Waals surface area (Å²) in [5.41, 5.74) is 3.26. The van der Waals surface area contributed by atoms with E-state index in [1.165, 1.54) is 18.4 Å². The zero-order chi connectivity index (χ0) is 19.3. The molecular weight excluding hydrogens is 348 g/mol. The van der Waals surface area contributed by atoms with Gasteiger partial charge in [-0.1, -0.05) is 42.5 Å². The molecule has 1 aliphatic rings. The number of hydrogen-bond donors (Lipinski definition) is 0. The third kappa shape index (κ3) is 4.63. The summed E-state index contributed by atoms with van der Waals surface area (Å²) in [4.78, 5) is 7.34. The van der Waals surface area contributed by atoms with Gasteiger partial charge in [0.2, 0.25) is 5.89 Å². The lowest BCUT2D eigenvalue weighted by Gasteiger charge is -2.21. The SMILES string of the molecule is CCOc1ccccc1-c1nc(CN(Cc2ccccc2)CC2CC2)c(C)o1. The summed E-state index contributed by atoms with van der Waals surface area (Å²) >= 11 is 0. The molecule has 0 unspecified atom stereocenters. The van der Waals surface area contributed by atoms with Crippen LogP contribution in [0.1, 0.15) is 36.8 Å². The van der Waals surface area contributed by atoms with Crippen molar-refractivity contribution >= 4 is 0 Å². The largest absolute Gasteiger partial charge is 0.493 e. The molecule has 0 N–H and O–H groups in total. The van der Waals surface area contributed by atoms with Crippen molar-refractivity contribution < 1.29 is 9.15 Å². The first-order valence-electron chi connectivity index (χ1n) is 10.2. The van der Waals surface area contributed by atoms with Crippen molar-refractivity contribution in [2.45, 2.75) is 39.8 Å². The van der Waals surface area contributed by atoms with Crippen LogP contribution in [0.4, 0.5) is 0 Å². The molecule has 0 radical (unpaired) electrons. The Bertz CT molecular complexity index is 900. The van der Waals surface area contributed by atoms with E-state index >= 15 is 0 Å². The molecule has 146 valence electrons. The summed E-state index contributed by atoms with van der Waals surface area (Å²) in [5, 5.41) is 0. The number of aromatic nitrogens is 1. The van der Waals surface area contributed by atoms with Crippen LogP contribution in [-0.2, 0) is 13.1 Å². The van der Waals surface area contributed by atoms with Crippen LogP contribution in [0.5, 0.6) is 5.75 Å². The van der Waals surface area contributed by atoms with Crippen molar-refractivity contribution in [3.8, 4) is 17.2 Å². The Balaban J connectivity index is 1.55. The van der Waals surface area contributed by atoms with Crippen molar-refractivity contribution in [3.63, 3.8) is 0 Å². The van der Waals surface area contributed by atoms with Crippen molar-refractivity contribution in [2.75, 3.05) is 13.2 Å². The van der Waals surface area contributed by atoms with Crippen LogP contribution in [0.3, 0.4) is 0 Å². The summed E-state index contributed by atoms with van der Waals surface area (Å²) in [6.07, 6.45) is 2.69. The van der Waals surface area contributed by atoms with Gasteiger partial charge in [-0.15, -0.1) is 0 Å². The lowest BCUT2D eigenvalue weighted by molar-refractivity contribution is 0.242. The topological polar surface area (TPSA) is 38.5 Å². The third-order valence-corrected chi connectivity index (χ3v) is 5.15. The number of ether oxygens (including phenoxy) is 1. The zero-order valence-corrected chi connectivity index (χ0v) is 16.7. The van der Waals surface area contributed by atoms with Gasteiger partial charge in [-0.2, -0.15) is 0 Å². The predicted molar refractivity (Wildman–Crippen MR) is 111 cm³/mol. The molecule has 28 heavy (non-hydrogen) atoms. The maximum Gasteiger partial charge on any atom is 0.230 e. The number of aryl methyl sites for hydroxylation is 1. The van der Waals surface area contributed by atoms with Crippen LogP contribution in [-0.4, -0.2) is 23.0 Å². The highest BCUT2D eigenvalue weighted by Crippen LogP contribution is 2.33. The predicted octanol–water partition coefficient (Wildman–Crippen LogP) is 5.46. The van der Waals surface area contributed by atoms with E-state index in [1.54, 1.807) is 0 Å². The molecule has 1 aromatic heterocycles. The Hall–Kier alpha value is -2.59. The van der Waals surface area contributed by atoms with Gasteiger partial charge >= 0.3 is 0 Å². The summed E-state index contributed by atoms with van der Waals surface area (Å²) in [6, 6.07) is 18.6. The molecule has 0 saturated heterocycles. The van der Waals surface area contributed by atoms with E-state index in [1.807, 2.05) is 38.1 Å². The fourth-order valence-electron chi connectivity index (χ4n) is 3.52. The van der Waals surface area contributed by atoms with Crippen molar-refractivity contribution in [2.24, 2.45) is 5.92 Å². The molecule has 0 atom stereocenters. The highest BCUT2D eigenvalue weighted by Gasteiger charge is 2.26. The first-order valence-corrected chi connectivity index (χ1v) is 10.2. The minimum Gasteiger partial charge on any atom is -0.493 e. The molecule has 4 nitrogen and oxygen atoms in total. The Kier molecular flexibility index (Phi) is 5.77. The van der Waals surface area contributed by atoms with Gasteiger partial charge in [0.25, 0.3) is 0 Å². The lowest BCUT2D eigenvalue weighted by atomic mass is 10.2. The number of hydrogen-bond acceptors (Lipinski definition) is 4. The normalized spacial score (nSPS) is 13.8.